The van der Waals surface area contributed by atoms with Crippen LogP contribution in [0.15, 0.2) is 23.1 Å². The highest BCUT2D eigenvalue weighted by molar-refractivity contribution is 7.89. The van der Waals surface area contributed by atoms with Crippen LogP contribution in [0, 0.1) is 0 Å². The molecule has 0 saturated heterocycles. The normalized spacial score (nSPS) is 12.5. The number of anilines is 1. The molecule has 1 aromatic carbocycles. The van der Waals surface area contributed by atoms with Gasteiger partial charge in [0.2, 0.25) is 10.0 Å². The molecule has 0 aromatic heterocycles. The smallest absolute Gasteiger partial charge is 0.337 e. The molecule has 0 radical (unpaired) electrons. The van der Waals surface area contributed by atoms with E-state index in [1.165, 1.54) is 26.2 Å². The molecule has 3 N–H and O–H groups in total. The van der Waals surface area contributed by atoms with E-state index in [0.717, 1.165) is 10.4 Å². The number of nitrogens with zero attached hydrogens (tertiary/aromatic N) is 1. The summed E-state index contributed by atoms with van der Waals surface area (Å²) in [5, 5.41) is 21.7. The fraction of sp³-hybridized carbons (Fsp3) is 0.462. The maximum absolute atomic E-state index is 12.0. The second-order valence-electron chi connectivity index (χ2n) is 5.47. The van der Waals surface area contributed by atoms with E-state index in [4.69, 9.17) is 0 Å². The van der Waals surface area contributed by atoms with Gasteiger partial charge in [0.15, 0.2) is 0 Å². The fourth-order valence-electron chi connectivity index (χ4n) is 1.54. The van der Waals surface area contributed by atoms with Crippen molar-refractivity contribution in [3.8, 4) is 0 Å². The van der Waals surface area contributed by atoms with Crippen molar-refractivity contribution >= 4 is 21.7 Å². The molecular formula is C13H20N2O5S. The fourth-order valence-corrected chi connectivity index (χ4v) is 2.47. The Kier molecular flexibility index (Phi) is 4.98. The van der Waals surface area contributed by atoms with E-state index in [-0.39, 0.29) is 22.7 Å². The molecule has 21 heavy (non-hydrogen) atoms. The minimum absolute atomic E-state index is 0.0984. The maximum Gasteiger partial charge on any atom is 0.337 e. The van der Waals surface area contributed by atoms with Gasteiger partial charge in [-0.2, -0.15) is 0 Å². The lowest BCUT2D eigenvalue weighted by molar-refractivity contribution is 0.0696. The van der Waals surface area contributed by atoms with Gasteiger partial charge in [-0.3, -0.25) is 0 Å². The predicted molar refractivity (Wildman–Crippen MR) is 79.1 cm³/mol. The Morgan fingerprint density at radius 1 is 1.33 bits per heavy atom. The van der Waals surface area contributed by atoms with Crippen LogP contribution in [0.5, 0.6) is 0 Å². The highest BCUT2D eigenvalue weighted by Gasteiger charge is 2.21. The van der Waals surface area contributed by atoms with Crippen molar-refractivity contribution in [2.45, 2.75) is 24.3 Å². The molecule has 1 rings (SSSR count). The molecule has 118 valence electrons. The molecule has 0 saturated carbocycles. The van der Waals surface area contributed by atoms with Crippen molar-refractivity contribution in [3.63, 3.8) is 0 Å². The Bertz CT molecular complexity index is 632. The van der Waals surface area contributed by atoms with Gasteiger partial charge in [0, 0.05) is 26.3 Å². The number of hydrogen-bond donors (Lipinski definition) is 3. The van der Waals surface area contributed by atoms with E-state index in [9.17, 15) is 23.4 Å². The number of aromatic carboxylic acids is 1. The number of nitrogens with one attached hydrogen (secondary N) is 1. The molecule has 1 aromatic rings. The first-order valence-corrected chi connectivity index (χ1v) is 7.65. The van der Waals surface area contributed by atoms with Crippen molar-refractivity contribution in [2.24, 2.45) is 0 Å². The molecule has 0 heterocycles. The first-order valence-electron chi connectivity index (χ1n) is 6.21. The van der Waals surface area contributed by atoms with Crippen LogP contribution < -0.4 is 5.32 Å². The van der Waals surface area contributed by atoms with Crippen LogP contribution in [0.4, 0.5) is 5.69 Å². The quantitative estimate of drug-likeness (QED) is 0.717. The minimum Gasteiger partial charge on any atom is -0.478 e. The third-order valence-electron chi connectivity index (χ3n) is 2.71. The number of sulfonamides is 1. The van der Waals surface area contributed by atoms with Crippen molar-refractivity contribution in [2.75, 3.05) is 26.0 Å². The average Bonchev–Trinajstić information content (AvgIpc) is 2.34. The van der Waals surface area contributed by atoms with Crippen molar-refractivity contribution in [3.05, 3.63) is 23.8 Å². The number of carboxylic acids is 1. The summed E-state index contributed by atoms with van der Waals surface area (Å²) in [7, 11) is -0.958. The summed E-state index contributed by atoms with van der Waals surface area (Å²) in [5.41, 5.74) is -0.936. The lowest BCUT2D eigenvalue weighted by Gasteiger charge is -2.20. The van der Waals surface area contributed by atoms with Gasteiger partial charge >= 0.3 is 5.97 Å². The third-order valence-corrected chi connectivity index (χ3v) is 4.52. The summed E-state index contributed by atoms with van der Waals surface area (Å²) in [6.07, 6.45) is 0. The van der Waals surface area contributed by atoms with E-state index in [0.29, 0.717) is 0 Å². The maximum atomic E-state index is 12.0. The monoisotopic (exact) mass is 316 g/mol. The van der Waals surface area contributed by atoms with Gasteiger partial charge in [-0.25, -0.2) is 17.5 Å². The molecule has 0 atom stereocenters. The molecule has 0 aliphatic rings. The summed E-state index contributed by atoms with van der Waals surface area (Å²) in [6.45, 7) is 3.28. The Labute approximate surface area is 124 Å². The molecule has 7 nitrogen and oxygen atoms in total. The van der Waals surface area contributed by atoms with Gasteiger partial charge in [-0.1, -0.05) is 0 Å². The topological polar surface area (TPSA) is 107 Å². The average molecular weight is 316 g/mol. The van der Waals surface area contributed by atoms with Gasteiger partial charge in [-0.15, -0.1) is 0 Å². The Balaban J connectivity index is 3.23. The number of rotatable bonds is 6. The van der Waals surface area contributed by atoms with Gasteiger partial charge in [0.05, 0.1) is 16.1 Å². The largest absolute Gasteiger partial charge is 0.478 e. The Morgan fingerprint density at radius 2 is 1.90 bits per heavy atom. The van der Waals surface area contributed by atoms with Gasteiger partial charge in [-0.05, 0) is 32.0 Å². The van der Waals surface area contributed by atoms with Gasteiger partial charge in [0.25, 0.3) is 0 Å². The van der Waals surface area contributed by atoms with Gasteiger partial charge in [0.1, 0.15) is 0 Å². The van der Waals surface area contributed by atoms with E-state index in [2.05, 4.69) is 5.32 Å². The SMILES string of the molecule is CN(C)S(=O)(=O)c1ccc(NCC(C)(C)O)c(C(=O)O)c1. The molecule has 0 fully saturated rings. The number of carbonyl (C=O) groups is 1. The van der Waals surface area contributed by atoms with Crippen LogP contribution in [-0.4, -0.2) is 55.1 Å². The lowest BCUT2D eigenvalue weighted by atomic mass is 10.1. The molecule has 0 spiro atoms. The van der Waals surface area contributed by atoms with Crippen molar-refractivity contribution in [1.82, 2.24) is 4.31 Å². The summed E-state index contributed by atoms with van der Waals surface area (Å²) in [6, 6.07) is 3.81. The highest BCUT2D eigenvalue weighted by atomic mass is 32.2. The zero-order valence-electron chi connectivity index (χ0n) is 12.4. The van der Waals surface area contributed by atoms with Crippen LogP contribution >= 0.6 is 0 Å². The molecular weight excluding hydrogens is 296 g/mol. The summed E-state index contributed by atoms with van der Waals surface area (Å²) in [5.74, 6) is -1.25. The highest BCUT2D eigenvalue weighted by Crippen LogP contribution is 2.22. The van der Waals surface area contributed by atoms with Crippen LogP contribution in [-0.2, 0) is 10.0 Å². The first-order chi connectivity index (χ1) is 9.45. The molecule has 0 bridgehead atoms. The molecule has 0 aliphatic heterocycles. The van der Waals surface area contributed by atoms with E-state index >= 15 is 0 Å². The summed E-state index contributed by atoms with van der Waals surface area (Å²) < 4.78 is 25.0. The van der Waals surface area contributed by atoms with Gasteiger partial charge < -0.3 is 15.5 Å². The van der Waals surface area contributed by atoms with Crippen molar-refractivity contribution < 1.29 is 23.4 Å². The first kappa shape index (κ1) is 17.4. The Morgan fingerprint density at radius 3 is 2.33 bits per heavy atom. The number of aliphatic hydroxyl groups is 1. The summed E-state index contributed by atoms with van der Waals surface area (Å²) >= 11 is 0. The number of hydrogen-bond acceptors (Lipinski definition) is 5. The molecule has 0 aliphatic carbocycles. The molecule has 0 unspecified atom stereocenters. The second-order valence-corrected chi connectivity index (χ2v) is 7.62. The summed E-state index contributed by atoms with van der Waals surface area (Å²) in [4.78, 5) is 11.2. The van der Waals surface area contributed by atoms with E-state index < -0.39 is 21.6 Å². The van der Waals surface area contributed by atoms with Crippen LogP contribution in [0.25, 0.3) is 0 Å². The zero-order chi connectivity index (χ0) is 16.4. The van der Waals surface area contributed by atoms with Crippen molar-refractivity contribution in [1.29, 1.82) is 0 Å². The minimum atomic E-state index is -3.70. The lowest BCUT2D eigenvalue weighted by Crippen LogP contribution is -2.30. The van der Waals surface area contributed by atoms with Crippen LogP contribution in [0.3, 0.4) is 0 Å². The second kappa shape index (κ2) is 6.00. The number of carboxylic acid groups (broad SMARTS) is 1. The van der Waals surface area contributed by atoms with Crippen LogP contribution in [0.2, 0.25) is 0 Å². The van der Waals surface area contributed by atoms with Crippen LogP contribution in [0.1, 0.15) is 24.2 Å². The van der Waals surface area contributed by atoms with E-state index in [1.807, 2.05) is 0 Å². The molecule has 8 heteroatoms. The third kappa shape index (κ3) is 4.42. The Hall–Kier alpha value is -1.64. The number of benzene rings is 1. The molecule has 0 amide bonds. The van der Waals surface area contributed by atoms with E-state index in [1.54, 1.807) is 13.8 Å². The predicted octanol–water partition coefficient (Wildman–Crippen LogP) is 0.818. The standard InChI is InChI=1S/C13H20N2O5S/c1-13(2,18)8-14-11-6-5-9(7-10(11)12(16)17)21(19,20)15(3)4/h5-7,14,18H,8H2,1-4H3,(H,16,17). The zero-order valence-corrected chi connectivity index (χ0v) is 13.2.